The Morgan fingerprint density at radius 2 is 2.00 bits per heavy atom. The van der Waals surface area contributed by atoms with Gasteiger partial charge in [0.05, 0.1) is 12.6 Å². The van der Waals surface area contributed by atoms with E-state index < -0.39 is 0 Å². The molecule has 0 bridgehead atoms. The monoisotopic (exact) mass is 216 g/mol. The second-order valence-electron chi connectivity index (χ2n) is 4.08. The molecule has 0 aromatic heterocycles. The standard InChI is InChI=1S/C15H8N2/c1-17-13-7-11-6-10-4-2-3-5-14(10)15(11)12(8-13)9-16/h2-5,7-8H,6H2. The topological polar surface area (TPSA) is 28.1 Å². The summed E-state index contributed by atoms with van der Waals surface area (Å²) in [7, 11) is 0. The summed E-state index contributed by atoms with van der Waals surface area (Å²) >= 11 is 0. The van der Waals surface area contributed by atoms with Gasteiger partial charge in [-0.2, -0.15) is 5.26 Å². The maximum atomic E-state index is 9.19. The molecule has 2 nitrogen and oxygen atoms in total. The first kappa shape index (κ1) is 9.63. The Bertz CT molecular complexity index is 700. The summed E-state index contributed by atoms with van der Waals surface area (Å²) in [6.45, 7) is 7.05. The van der Waals surface area contributed by atoms with E-state index in [1.54, 1.807) is 6.07 Å². The van der Waals surface area contributed by atoms with Crippen molar-refractivity contribution in [2.24, 2.45) is 0 Å². The van der Waals surface area contributed by atoms with Gasteiger partial charge in [-0.3, -0.25) is 0 Å². The van der Waals surface area contributed by atoms with Crippen molar-refractivity contribution < 1.29 is 0 Å². The molecular weight excluding hydrogens is 208 g/mol. The Balaban J connectivity index is 2.35. The quantitative estimate of drug-likeness (QED) is 0.527. The van der Waals surface area contributed by atoms with Crippen molar-refractivity contribution >= 4 is 5.69 Å². The molecule has 0 aliphatic heterocycles. The molecule has 1 aliphatic carbocycles. The third kappa shape index (κ3) is 1.32. The lowest BCUT2D eigenvalue weighted by molar-refractivity contribution is 1.26. The lowest BCUT2D eigenvalue weighted by Gasteiger charge is -2.04. The van der Waals surface area contributed by atoms with E-state index >= 15 is 0 Å². The molecule has 0 amide bonds. The molecular formula is C15H8N2. The summed E-state index contributed by atoms with van der Waals surface area (Å²) in [5.41, 5.74) is 5.63. The van der Waals surface area contributed by atoms with E-state index in [4.69, 9.17) is 6.57 Å². The molecule has 0 spiro atoms. The molecule has 0 N–H and O–H groups in total. The molecule has 2 heteroatoms. The number of nitrogens with zero attached hydrogens (tertiary/aromatic N) is 2. The van der Waals surface area contributed by atoms with Gasteiger partial charge in [-0.1, -0.05) is 30.3 Å². The predicted molar refractivity (Wildman–Crippen MR) is 65.7 cm³/mol. The van der Waals surface area contributed by atoms with Gasteiger partial charge in [0, 0.05) is 11.1 Å². The zero-order chi connectivity index (χ0) is 11.8. The molecule has 0 atom stereocenters. The van der Waals surface area contributed by atoms with Crippen LogP contribution in [0.25, 0.3) is 16.0 Å². The highest BCUT2D eigenvalue weighted by Gasteiger charge is 2.21. The minimum atomic E-state index is 0.549. The van der Waals surface area contributed by atoms with Crippen LogP contribution in [0.4, 0.5) is 5.69 Å². The van der Waals surface area contributed by atoms with Gasteiger partial charge in [0.2, 0.25) is 0 Å². The predicted octanol–water partition coefficient (Wildman–Crippen LogP) is 3.68. The summed E-state index contributed by atoms with van der Waals surface area (Å²) in [6, 6.07) is 13.9. The van der Waals surface area contributed by atoms with Crippen LogP contribution in [0, 0.1) is 17.9 Å². The third-order valence-corrected chi connectivity index (χ3v) is 3.12. The van der Waals surface area contributed by atoms with E-state index in [0.29, 0.717) is 11.3 Å². The van der Waals surface area contributed by atoms with Crippen molar-refractivity contribution in [2.45, 2.75) is 6.42 Å². The van der Waals surface area contributed by atoms with E-state index in [2.05, 4.69) is 17.0 Å². The summed E-state index contributed by atoms with van der Waals surface area (Å²) in [6.07, 6.45) is 0.823. The van der Waals surface area contributed by atoms with Crippen LogP contribution < -0.4 is 0 Å². The van der Waals surface area contributed by atoms with Crippen LogP contribution in [0.15, 0.2) is 36.4 Å². The molecule has 3 rings (SSSR count). The van der Waals surface area contributed by atoms with Crippen molar-refractivity contribution in [1.82, 2.24) is 0 Å². The van der Waals surface area contributed by atoms with Gasteiger partial charge in [-0.25, -0.2) is 4.85 Å². The van der Waals surface area contributed by atoms with Crippen molar-refractivity contribution in [3.05, 3.63) is 64.5 Å². The van der Waals surface area contributed by atoms with Crippen molar-refractivity contribution in [3.63, 3.8) is 0 Å². The van der Waals surface area contributed by atoms with E-state index in [-0.39, 0.29) is 0 Å². The van der Waals surface area contributed by atoms with Crippen molar-refractivity contribution in [3.8, 4) is 17.2 Å². The number of benzene rings is 2. The van der Waals surface area contributed by atoms with Crippen molar-refractivity contribution in [2.75, 3.05) is 0 Å². The Kier molecular flexibility index (Phi) is 1.97. The molecule has 2 aromatic carbocycles. The molecule has 78 valence electrons. The average Bonchev–Trinajstić information content (AvgIpc) is 2.75. The van der Waals surface area contributed by atoms with Crippen LogP contribution in [0.1, 0.15) is 16.7 Å². The number of hydrogen-bond donors (Lipinski definition) is 0. The fraction of sp³-hybridized carbons (Fsp3) is 0.0667. The van der Waals surface area contributed by atoms with E-state index in [0.717, 1.165) is 23.1 Å². The highest BCUT2D eigenvalue weighted by molar-refractivity contribution is 5.83. The largest absolute Gasteiger partial charge is 0.238 e. The van der Waals surface area contributed by atoms with Crippen LogP contribution in [-0.2, 0) is 6.42 Å². The fourth-order valence-electron chi connectivity index (χ4n) is 2.42. The Labute approximate surface area is 99.6 Å². The van der Waals surface area contributed by atoms with E-state index in [1.165, 1.54) is 5.56 Å². The van der Waals surface area contributed by atoms with Gasteiger partial charge >= 0.3 is 0 Å². The molecule has 0 unspecified atom stereocenters. The lowest BCUT2D eigenvalue weighted by atomic mass is 9.99. The number of nitriles is 1. The maximum Gasteiger partial charge on any atom is 0.188 e. The summed E-state index contributed by atoms with van der Waals surface area (Å²) in [5, 5.41) is 9.19. The molecule has 17 heavy (non-hydrogen) atoms. The molecule has 0 saturated carbocycles. The minimum absolute atomic E-state index is 0.549. The summed E-state index contributed by atoms with van der Waals surface area (Å²) in [5.74, 6) is 0. The number of rotatable bonds is 0. The fourth-order valence-corrected chi connectivity index (χ4v) is 2.42. The van der Waals surface area contributed by atoms with Gasteiger partial charge in [0.1, 0.15) is 0 Å². The number of hydrogen-bond acceptors (Lipinski definition) is 1. The normalized spacial score (nSPS) is 11.2. The molecule has 0 saturated heterocycles. The summed E-state index contributed by atoms with van der Waals surface area (Å²) < 4.78 is 0. The van der Waals surface area contributed by atoms with Gasteiger partial charge in [0.15, 0.2) is 5.69 Å². The molecule has 2 aromatic rings. The number of fused-ring (bicyclic) bond motifs is 3. The molecule has 0 fully saturated rings. The molecule has 0 heterocycles. The zero-order valence-corrected chi connectivity index (χ0v) is 9.07. The summed E-state index contributed by atoms with van der Waals surface area (Å²) in [4.78, 5) is 3.42. The Hall–Kier alpha value is -2.58. The first-order chi connectivity index (χ1) is 8.33. The highest BCUT2D eigenvalue weighted by atomic mass is 14.6. The highest BCUT2D eigenvalue weighted by Crippen LogP contribution is 2.40. The average molecular weight is 216 g/mol. The van der Waals surface area contributed by atoms with E-state index in [9.17, 15) is 5.26 Å². The minimum Gasteiger partial charge on any atom is -0.238 e. The molecule has 1 aliphatic rings. The third-order valence-electron chi connectivity index (χ3n) is 3.12. The smallest absolute Gasteiger partial charge is 0.188 e. The van der Waals surface area contributed by atoms with Crippen LogP contribution in [0.3, 0.4) is 0 Å². The van der Waals surface area contributed by atoms with Gasteiger partial charge in [-0.05, 0) is 29.2 Å². The van der Waals surface area contributed by atoms with Crippen LogP contribution in [0.2, 0.25) is 0 Å². The maximum absolute atomic E-state index is 9.19. The van der Waals surface area contributed by atoms with Crippen LogP contribution >= 0.6 is 0 Å². The van der Waals surface area contributed by atoms with Gasteiger partial charge < -0.3 is 0 Å². The van der Waals surface area contributed by atoms with Gasteiger partial charge in [-0.15, -0.1) is 0 Å². The Morgan fingerprint density at radius 3 is 2.76 bits per heavy atom. The van der Waals surface area contributed by atoms with Gasteiger partial charge in [0.25, 0.3) is 0 Å². The second kappa shape index (κ2) is 3.47. The first-order valence-electron chi connectivity index (χ1n) is 5.36. The van der Waals surface area contributed by atoms with E-state index in [1.807, 2.05) is 24.3 Å². The second-order valence-corrected chi connectivity index (χ2v) is 4.08. The SMILES string of the molecule is [C-]#[N+]c1cc(C#N)c2c(c1)Cc1ccccc1-2. The van der Waals surface area contributed by atoms with Crippen LogP contribution in [0.5, 0.6) is 0 Å². The molecule has 0 radical (unpaired) electrons. The lowest BCUT2D eigenvalue weighted by Crippen LogP contribution is -1.84. The first-order valence-corrected chi connectivity index (χ1v) is 5.36. The van der Waals surface area contributed by atoms with Crippen molar-refractivity contribution in [1.29, 1.82) is 5.26 Å². The Morgan fingerprint density at radius 1 is 1.18 bits per heavy atom. The van der Waals surface area contributed by atoms with Crippen LogP contribution in [-0.4, -0.2) is 0 Å². The zero-order valence-electron chi connectivity index (χ0n) is 9.07.